The van der Waals surface area contributed by atoms with Gasteiger partial charge in [0, 0.05) is 30.7 Å². The normalized spacial score (nSPS) is 14.2. The predicted molar refractivity (Wildman–Crippen MR) is 87.1 cm³/mol. The first kappa shape index (κ1) is 14.4. The molecular formula is C18H19NO3. The van der Waals surface area contributed by atoms with Gasteiger partial charge >= 0.3 is 0 Å². The van der Waals surface area contributed by atoms with Gasteiger partial charge in [0.25, 0.3) is 0 Å². The van der Waals surface area contributed by atoms with Crippen LogP contribution in [0.5, 0.6) is 11.5 Å². The van der Waals surface area contributed by atoms with E-state index in [4.69, 9.17) is 9.47 Å². The molecule has 1 aliphatic carbocycles. The van der Waals surface area contributed by atoms with Gasteiger partial charge in [0.2, 0.25) is 0 Å². The molecule has 0 unspecified atom stereocenters. The molecule has 0 bridgehead atoms. The Morgan fingerprint density at radius 2 is 1.95 bits per heavy atom. The molecule has 0 atom stereocenters. The fourth-order valence-corrected chi connectivity index (χ4v) is 2.10. The van der Waals surface area contributed by atoms with Crippen LogP contribution in [0.2, 0.25) is 0 Å². The van der Waals surface area contributed by atoms with E-state index in [0.717, 1.165) is 23.7 Å². The van der Waals surface area contributed by atoms with Gasteiger partial charge in [-0.3, -0.25) is 4.79 Å². The number of methoxy groups -OCH3 is 1. The van der Waals surface area contributed by atoms with Crippen molar-refractivity contribution in [3.05, 3.63) is 58.5 Å². The van der Waals surface area contributed by atoms with E-state index in [1.165, 1.54) is 25.0 Å². The molecule has 0 amide bonds. The Hall–Kier alpha value is -2.49. The number of nitrogens with zero attached hydrogens (tertiary/aromatic N) is 1. The summed E-state index contributed by atoms with van der Waals surface area (Å²) in [5, 5.41) is 0. The Kier molecular flexibility index (Phi) is 4.28. The van der Waals surface area contributed by atoms with Crippen molar-refractivity contribution in [1.29, 1.82) is 0 Å². The van der Waals surface area contributed by atoms with Gasteiger partial charge in [-0.1, -0.05) is 6.07 Å². The minimum atomic E-state index is 0.00450. The molecule has 0 N–H and O–H groups in total. The van der Waals surface area contributed by atoms with E-state index in [2.05, 4.69) is 0 Å². The Balaban J connectivity index is 1.75. The quantitative estimate of drug-likeness (QED) is 0.821. The molecule has 2 aromatic rings. The van der Waals surface area contributed by atoms with E-state index in [0.29, 0.717) is 5.92 Å². The molecular weight excluding hydrogens is 278 g/mol. The maximum atomic E-state index is 11.1. The van der Waals surface area contributed by atoms with Gasteiger partial charge in [0.05, 0.1) is 13.7 Å². The summed E-state index contributed by atoms with van der Waals surface area (Å²) in [5.41, 5.74) is 1.02. The van der Waals surface area contributed by atoms with Crippen molar-refractivity contribution in [2.24, 2.45) is 5.92 Å². The number of hydrogen-bond donors (Lipinski definition) is 0. The van der Waals surface area contributed by atoms with Crippen LogP contribution in [0.1, 0.15) is 18.4 Å². The number of aromatic nitrogens is 1. The van der Waals surface area contributed by atoms with Crippen LogP contribution in [0.15, 0.2) is 47.5 Å². The number of benzene rings is 1. The van der Waals surface area contributed by atoms with E-state index in [9.17, 15) is 4.79 Å². The third kappa shape index (κ3) is 3.79. The van der Waals surface area contributed by atoms with Crippen molar-refractivity contribution in [3.63, 3.8) is 0 Å². The molecule has 1 fully saturated rings. The molecule has 114 valence electrons. The summed E-state index contributed by atoms with van der Waals surface area (Å²) in [4.78, 5) is 11.1. The Morgan fingerprint density at radius 3 is 2.64 bits per heavy atom. The van der Waals surface area contributed by atoms with Gasteiger partial charge < -0.3 is 14.0 Å². The lowest BCUT2D eigenvalue weighted by Gasteiger charge is -2.11. The van der Waals surface area contributed by atoms with E-state index in [-0.39, 0.29) is 5.43 Å². The molecule has 0 aliphatic heterocycles. The van der Waals surface area contributed by atoms with Gasteiger partial charge in [-0.25, -0.2) is 0 Å². The van der Waals surface area contributed by atoms with Crippen molar-refractivity contribution < 1.29 is 9.47 Å². The van der Waals surface area contributed by atoms with Crippen LogP contribution in [0.3, 0.4) is 0 Å². The zero-order chi connectivity index (χ0) is 15.4. The molecule has 4 nitrogen and oxygen atoms in total. The lowest BCUT2D eigenvalue weighted by Crippen LogP contribution is -2.01. The highest BCUT2D eigenvalue weighted by Gasteiger charge is 2.22. The van der Waals surface area contributed by atoms with Crippen LogP contribution < -0.4 is 14.9 Å². The lowest BCUT2D eigenvalue weighted by molar-refractivity contribution is 0.280. The predicted octanol–water partition coefficient (Wildman–Crippen LogP) is 3.27. The second-order valence-corrected chi connectivity index (χ2v) is 5.46. The van der Waals surface area contributed by atoms with Gasteiger partial charge in [-0.15, -0.1) is 0 Å². The Morgan fingerprint density at radius 1 is 1.18 bits per heavy atom. The average Bonchev–Trinajstić information content (AvgIpc) is 3.37. The monoisotopic (exact) mass is 297 g/mol. The summed E-state index contributed by atoms with van der Waals surface area (Å²) in [5.74, 6) is 2.22. The maximum Gasteiger partial charge on any atom is 0.181 e. The number of pyridine rings is 1. The molecule has 4 heteroatoms. The first-order chi connectivity index (χ1) is 10.7. The van der Waals surface area contributed by atoms with Crippen molar-refractivity contribution in [1.82, 2.24) is 4.57 Å². The van der Waals surface area contributed by atoms with Gasteiger partial charge in [0.1, 0.15) is 0 Å². The maximum absolute atomic E-state index is 11.1. The molecule has 22 heavy (non-hydrogen) atoms. The van der Waals surface area contributed by atoms with Crippen molar-refractivity contribution in [2.75, 3.05) is 13.7 Å². The van der Waals surface area contributed by atoms with Gasteiger partial charge in [0.15, 0.2) is 16.9 Å². The summed E-state index contributed by atoms with van der Waals surface area (Å²) in [6, 6.07) is 8.92. The fourth-order valence-electron chi connectivity index (χ4n) is 2.10. The average molecular weight is 297 g/mol. The van der Waals surface area contributed by atoms with E-state index in [1.54, 1.807) is 19.5 Å². The first-order valence-corrected chi connectivity index (χ1v) is 7.41. The second kappa shape index (κ2) is 6.52. The van der Waals surface area contributed by atoms with Crippen LogP contribution in [0.25, 0.3) is 12.3 Å². The molecule has 1 aromatic carbocycles. The van der Waals surface area contributed by atoms with Crippen molar-refractivity contribution >= 4 is 12.3 Å². The molecule has 0 saturated heterocycles. The third-order valence-electron chi connectivity index (χ3n) is 3.62. The van der Waals surface area contributed by atoms with Crippen LogP contribution in [0, 0.1) is 5.92 Å². The van der Waals surface area contributed by atoms with Gasteiger partial charge in [-0.05, 0) is 42.5 Å². The summed E-state index contributed by atoms with van der Waals surface area (Å²) < 4.78 is 13.0. The summed E-state index contributed by atoms with van der Waals surface area (Å²) in [6.07, 6.45) is 9.84. The molecule has 0 radical (unpaired) electrons. The van der Waals surface area contributed by atoms with Crippen LogP contribution in [0.4, 0.5) is 0 Å². The van der Waals surface area contributed by atoms with Crippen LogP contribution >= 0.6 is 0 Å². The second-order valence-electron chi connectivity index (χ2n) is 5.46. The largest absolute Gasteiger partial charge is 0.493 e. The molecule has 1 aliphatic rings. The molecule has 1 saturated carbocycles. The highest BCUT2D eigenvalue weighted by atomic mass is 16.5. The SMILES string of the molecule is COc1ccc(/C=C/n2ccc(=O)cc2)cc1OCC1CC1. The van der Waals surface area contributed by atoms with Crippen LogP contribution in [-0.2, 0) is 0 Å². The third-order valence-corrected chi connectivity index (χ3v) is 3.62. The smallest absolute Gasteiger partial charge is 0.181 e. The van der Waals surface area contributed by atoms with E-state index >= 15 is 0 Å². The zero-order valence-corrected chi connectivity index (χ0v) is 12.6. The van der Waals surface area contributed by atoms with Crippen molar-refractivity contribution in [2.45, 2.75) is 12.8 Å². The molecule has 3 rings (SSSR count). The molecule has 1 aromatic heterocycles. The first-order valence-electron chi connectivity index (χ1n) is 7.41. The topological polar surface area (TPSA) is 40.5 Å². The number of ether oxygens (including phenoxy) is 2. The highest BCUT2D eigenvalue weighted by Crippen LogP contribution is 2.33. The molecule has 0 spiro atoms. The lowest BCUT2D eigenvalue weighted by atomic mass is 10.2. The molecule has 1 heterocycles. The minimum absolute atomic E-state index is 0.00450. The van der Waals surface area contributed by atoms with Crippen molar-refractivity contribution in [3.8, 4) is 11.5 Å². The van der Waals surface area contributed by atoms with E-state index < -0.39 is 0 Å². The Labute approximate surface area is 129 Å². The summed E-state index contributed by atoms with van der Waals surface area (Å²) in [7, 11) is 1.65. The van der Waals surface area contributed by atoms with Gasteiger partial charge in [-0.2, -0.15) is 0 Å². The summed E-state index contributed by atoms with van der Waals surface area (Å²) >= 11 is 0. The number of hydrogen-bond acceptors (Lipinski definition) is 3. The summed E-state index contributed by atoms with van der Waals surface area (Å²) in [6.45, 7) is 0.753. The Bertz CT molecular complexity index is 709. The standard InChI is InChI=1S/C18H19NO3/c1-21-17-5-4-14(12-18(17)22-13-15-2-3-15)6-9-19-10-7-16(20)8-11-19/h4-12,15H,2-3,13H2,1H3/b9-6+. The zero-order valence-electron chi connectivity index (χ0n) is 12.6. The minimum Gasteiger partial charge on any atom is -0.493 e. The van der Waals surface area contributed by atoms with Crippen LogP contribution in [-0.4, -0.2) is 18.3 Å². The highest BCUT2D eigenvalue weighted by molar-refractivity contribution is 5.63. The number of rotatable bonds is 6. The van der Waals surface area contributed by atoms with E-state index in [1.807, 2.05) is 35.0 Å². The fraction of sp³-hybridized carbons (Fsp3) is 0.278.